The number of aromatic carboxylic acids is 2. The van der Waals surface area contributed by atoms with E-state index in [0.717, 1.165) is 11.7 Å². The van der Waals surface area contributed by atoms with Gasteiger partial charge in [0.25, 0.3) is 0 Å². The third-order valence-corrected chi connectivity index (χ3v) is 5.28. The van der Waals surface area contributed by atoms with Gasteiger partial charge < -0.3 is 15.5 Å². The molecule has 3 heterocycles. The lowest BCUT2D eigenvalue weighted by molar-refractivity contribution is 0.0680. The summed E-state index contributed by atoms with van der Waals surface area (Å²) in [4.78, 5) is 31.9. The first-order valence-corrected chi connectivity index (χ1v) is 11.2. The normalized spacial score (nSPS) is 12.1. The van der Waals surface area contributed by atoms with Crippen molar-refractivity contribution in [1.82, 2.24) is 9.97 Å². The van der Waals surface area contributed by atoms with Crippen LogP contribution in [0.1, 0.15) is 38.5 Å². The zero-order chi connectivity index (χ0) is 24.1. The Labute approximate surface area is 196 Å². The number of aliphatic imine (C=N–C) groups is 1. The van der Waals surface area contributed by atoms with Crippen LogP contribution in [0.4, 0.5) is 5.69 Å². The van der Waals surface area contributed by atoms with Gasteiger partial charge in [-0.3, -0.25) is 4.99 Å². The molecule has 172 valence electrons. The number of amidine groups is 1. The van der Waals surface area contributed by atoms with Gasteiger partial charge in [-0.25, -0.2) is 19.6 Å². The fourth-order valence-corrected chi connectivity index (χ4v) is 3.46. The molecule has 0 bridgehead atoms. The maximum atomic E-state index is 10.1. The molecule has 0 atom stereocenters. The van der Waals surface area contributed by atoms with Gasteiger partial charge in [0.15, 0.2) is 5.17 Å². The summed E-state index contributed by atoms with van der Waals surface area (Å²) in [7, 11) is 0. The second kappa shape index (κ2) is 13.6. The fraction of sp³-hybridized carbons (Fsp3) is 0.208. The van der Waals surface area contributed by atoms with Crippen molar-refractivity contribution in [3.63, 3.8) is 0 Å². The van der Waals surface area contributed by atoms with Crippen LogP contribution in [-0.2, 0) is 0 Å². The van der Waals surface area contributed by atoms with Gasteiger partial charge in [0, 0.05) is 30.4 Å². The quantitative estimate of drug-likeness (QED) is 0.504. The van der Waals surface area contributed by atoms with E-state index < -0.39 is 11.9 Å². The van der Waals surface area contributed by atoms with Crippen LogP contribution in [0, 0.1) is 13.8 Å². The minimum atomic E-state index is -0.990. The number of carboxylic acid groups (broad SMARTS) is 2. The number of hydrogen-bond acceptors (Lipinski definition) is 7. The highest BCUT2D eigenvalue weighted by Gasteiger charge is 2.08. The molecule has 0 saturated carbocycles. The summed E-state index contributed by atoms with van der Waals surface area (Å²) in [6, 6.07) is 15.9. The van der Waals surface area contributed by atoms with E-state index in [9.17, 15) is 9.59 Å². The lowest BCUT2D eigenvalue weighted by Gasteiger charge is -2.16. The van der Waals surface area contributed by atoms with Gasteiger partial charge in [0.2, 0.25) is 0 Å². The smallest absolute Gasteiger partial charge is 0.354 e. The number of pyridine rings is 2. The van der Waals surface area contributed by atoms with Crippen molar-refractivity contribution < 1.29 is 19.8 Å². The number of benzene rings is 1. The maximum Gasteiger partial charge on any atom is 0.354 e. The van der Waals surface area contributed by atoms with Crippen molar-refractivity contribution >= 4 is 34.6 Å². The number of para-hydroxylation sites is 1. The van der Waals surface area contributed by atoms with E-state index in [1.54, 1.807) is 24.3 Å². The number of nitrogens with zero attached hydrogens (tertiary/aromatic N) is 3. The van der Waals surface area contributed by atoms with Crippen LogP contribution in [0.15, 0.2) is 72.0 Å². The molecule has 9 heteroatoms. The van der Waals surface area contributed by atoms with Crippen LogP contribution in [0.25, 0.3) is 0 Å². The number of hydrogen-bond donors (Lipinski definition) is 3. The number of aromatic nitrogens is 2. The Morgan fingerprint density at radius 1 is 0.848 bits per heavy atom. The van der Waals surface area contributed by atoms with Crippen molar-refractivity contribution in [3.05, 3.63) is 89.5 Å². The van der Waals surface area contributed by atoms with Crippen LogP contribution in [0.5, 0.6) is 0 Å². The molecular formula is C24H26N4O4S. The van der Waals surface area contributed by atoms with Crippen molar-refractivity contribution in [2.75, 3.05) is 17.6 Å². The summed E-state index contributed by atoms with van der Waals surface area (Å²) in [5.41, 5.74) is 3.94. The molecule has 33 heavy (non-hydrogen) atoms. The molecule has 1 aliphatic heterocycles. The topological polar surface area (TPSA) is 125 Å². The Balaban J connectivity index is 0.000000186. The third kappa shape index (κ3) is 9.12. The average Bonchev–Trinajstić information content (AvgIpc) is 2.84. The second-order valence-corrected chi connectivity index (χ2v) is 7.90. The van der Waals surface area contributed by atoms with Gasteiger partial charge in [0.05, 0.1) is 0 Å². The number of carbonyl (C=O) groups is 2. The van der Waals surface area contributed by atoms with Crippen LogP contribution in [0.2, 0.25) is 0 Å². The van der Waals surface area contributed by atoms with Crippen molar-refractivity contribution in [3.8, 4) is 0 Å². The lowest BCUT2D eigenvalue weighted by Crippen LogP contribution is -2.14. The molecule has 8 nitrogen and oxygen atoms in total. The Morgan fingerprint density at radius 2 is 1.39 bits per heavy atom. The minimum Gasteiger partial charge on any atom is -0.477 e. The van der Waals surface area contributed by atoms with E-state index >= 15 is 0 Å². The standard InChI is InChI=1S/C12H16N2S.2C6H5NO2/c1-9-5-3-6-10(2)11(9)14-12-13-7-4-8-15-12;2*8-6(9)5-3-1-2-4-7-5/h3,5-6H,4,7-8H2,1-2H3,(H,13,14);2*1-4H,(H,8,9). The van der Waals surface area contributed by atoms with Gasteiger partial charge in [-0.15, -0.1) is 0 Å². The van der Waals surface area contributed by atoms with E-state index in [-0.39, 0.29) is 11.4 Å². The number of aryl methyl sites for hydroxylation is 2. The summed E-state index contributed by atoms with van der Waals surface area (Å²) in [5, 5.41) is 21.1. The molecule has 0 radical (unpaired) electrons. The Bertz CT molecular complexity index is 1010. The van der Waals surface area contributed by atoms with E-state index in [1.165, 1.54) is 53.5 Å². The molecular weight excluding hydrogens is 440 g/mol. The van der Waals surface area contributed by atoms with Gasteiger partial charge >= 0.3 is 11.9 Å². The monoisotopic (exact) mass is 466 g/mol. The van der Waals surface area contributed by atoms with E-state index in [0.29, 0.717) is 0 Å². The van der Waals surface area contributed by atoms with Crippen LogP contribution >= 0.6 is 11.8 Å². The number of thioether (sulfide) groups is 1. The zero-order valence-corrected chi connectivity index (χ0v) is 19.2. The summed E-state index contributed by atoms with van der Waals surface area (Å²) < 4.78 is 0. The summed E-state index contributed by atoms with van der Waals surface area (Å²) in [6.45, 7) is 5.22. The average molecular weight is 467 g/mol. The predicted octanol–water partition coefficient (Wildman–Crippen LogP) is 4.77. The highest BCUT2D eigenvalue weighted by Crippen LogP contribution is 2.22. The molecule has 0 spiro atoms. The molecule has 0 unspecified atom stereocenters. The number of rotatable bonds is 3. The van der Waals surface area contributed by atoms with Gasteiger partial charge in [0.1, 0.15) is 11.4 Å². The van der Waals surface area contributed by atoms with E-state index in [2.05, 4.69) is 52.3 Å². The first kappa shape index (κ1) is 25.5. The second-order valence-electron chi connectivity index (χ2n) is 6.82. The van der Waals surface area contributed by atoms with Crippen molar-refractivity contribution in [2.24, 2.45) is 4.99 Å². The zero-order valence-electron chi connectivity index (χ0n) is 18.4. The number of anilines is 1. The lowest BCUT2D eigenvalue weighted by atomic mass is 10.1. The van der Waals surface area contributed by atoms with Crippen molar-refractivity contribution in [2.45, 2.75) is 20.3 Å². The molecule has 0 saturated heterocycles. The minimum absolute atomic E-state index is 0.0810. The Hall–Kier alpha value is -3.72. The molecule has 4 rings (SSSR count). The highest BCUT2D eigenvalue weighted by molar-refractivity contribution is 8.14. The van der Waals surface area contributed by atoms with Crippen LogP contribution in [-0.4, -0.2) is 49.6 Å². The molecule has 3 N–H and O–H groups in total. The molecule has 0 aliphatic carbocycles. The molecule has 1 aliphatic rings. The van der Waals surface area contributed by atoms with Crippen molar-refractivity contribution in [1.29, 1.82) is 0 Å². The third-order valence-electron chi connectivity index (χ3n) is 4.28. The highest BCUT2D eigenvalue weighted by atomic mass is 32.2. The van der Waals surface area contributed by atoms with Gasteiger partial charge in [-0.05, 0) is 55.7 Å². The number of carboxylic acids is 2. The SMILES string of the molecule is Cc1cccc(C)c1NC1=NCCCS1.O=C(O)c1ccccn1.O=C(O)c1ccccn1. The van der Waals surface area contributed by atoms with Gasteiger partial charge in [-0.2, -0.15) is 0 Å². The summed E-state index contributed by atoms with van der Waals surface area (Å²) in [5.74, 6) is -0.803. The molecule has 0 fully saturated rings. The molecule has 0 amide bonds. The molecule has 3 aromatic rings. The number of nitrogens with one attached hydrogen (secondary N) is 1. The first-order valence-electron chi connectivity index (χ1n) is 10.2. The van der Waals surface area contributed by atoms with E-state index in [1.807, 2.05) is 11.8 Å². The van der Waals surface area contributed by atoms with Gasteiger partial charge in [-0.1, -0.05) is 42.1 Å². The summed E-state index contributed by atoms with van der Waals surface area (Å²) in [6.07, 6.45) is 4.09. The Kier molecular flexibility index (Phi) is 10.6. The van der Waals surface area contributed by atoms with E-state index in [4.69, 9.17) is 10.2 Å². The first-order chi connectivity index (χ1) is 15.9. The van der Waals surface area contributed by atoms with Crippen LogP contribution in [0.3, 0.4) is 0 Å². The molecule has 1 aromatic carbocycles. The maximum absolute atomic E-state index is 10.1. The summed E-state index contributed by atoms with van der Waals surface area (Å²) >= 11 is 1.81. The Morgan fingerprint density at radius 3 is 1.76 bits per heavy atom. The molecule has 2 aromatic heterocycles. The predicted molar refractivity (Wildman–Crippen MR) is 131 cm³/mol. The fourth-order valence-electron chi connectivity index (χ4n) is 2.63. The largest absolute Gasteiger partial charge is 0.477 e. The van der Waals surface area contributed by atoms with Crippen LogP contribution < -0.4 is 5.32 Å².